The molecule has 0 aliphatic carbocycles. The van der Waals surface area contributed by atoms with Crippen LogP contribution in [0.4, 0.5) is 5.69 Å². The number of amides is 2. The van der Waals surface area contributed by atoms with E-state index in [9.17, 15) is 14.4 Å². The molecule has 4 rings (SSSR count). The van der Waals surface area contributed by atoms with Crippen molar-refractivity contribution >= 4 is 62.8 Å². The number of anilines is 1. The fourth-order valence-electron chi connectivity index (χ4n) is 3.50. The van der Waals surface area contributed by atoms with E-state index in [4.69, 9.17) is 16.3 Å². The van der Waals surface area contributed by atoms with Gasteiger partial charge in [0.1, 0.15) is 0 Å². The van der Waals surface area contributed by atoms with Crippen molar-refractivity contribution in [3.63, 3.8) is 0 Å². The minimum absolute atomic E-state index is 0.0601. The van der Waals surface area contributed by atoms with Crippen LogP contribution in [0.25, 0.3) is 5.69 Å². The highest BCUT2D eigenvalue weighted by atomic mass is 79.9. The molecule has 3 aromatic carbocycles. The SMILES string of the molecule is CCOC(=O)c1ccc(NC(=O)CSc2nnc(CNC(=O)c3cc(Br)ccc3Cl)n2-c2ccccc2)cc1. The Morgan fingerprint density at radius 2 is 1.77 bits per heavy atom. The Labute approximate surface area is 242 Å². The maximum Gasteiger partial charge on any atom is 0.338 e. The molecule has 1 heterocycles. The number of aromatic nitrogens is 3. The van der Waals surface area contributed by atoms with E-state index >= 15 is 0 Å². The first-order chi connectivity index (χ1) is 18.9. The predicted molar refractivity (Wildman–Crippen MR) is 153 cm³/mol. The summed E-state index contributed by atoms with van der Waals surface area (Å²) in [5, 5.41) is 15.0. The largest absolute Gasteiger partial charge is 0.462 e. The minimum Gasteiger partial charge on any atom is -0.462 e. The monoisotopic (exact) mass is 627 g/mol. The van der Waals surface area contributed by atoms with E-state index < -0.39 is 5.97 Å². The quantitative estimate of drug-likeness (QED) is 0.176. The molecule has 0 fully saturated rings. The molecule has 0 bridgehead atoms. The third kappa shape index (κ3) is 7.47. The van der Waals surface area contributed by atoms with Gasteiger partial charge >= 0.3 is 5.97 Å². The molecule has 2 amide bonds. The number of carbonyl (C=O) groups is 3. The Bertz CT molecular complexity index is 1480. The number of esters is 1. The zero-order valence-corrected chi connectivity index (χ0v) is 23.8. The van der Waals surface area contributed by atoms with Crippen molar-refractivity contribution in [3.8, 4) is 5.69 Å². The van der Waals surface area contributed by atoms with Crippen LogP contribution < -0.4 is 10.6 Å². The molecule has 0 aliphatic rings. The van der Waals surface area contributed by atoms with Crippen LogP contribution in [0.2, 0.25) is 5.02 Å². The van der Waals surface area contributed by atoms with E-state index in [0.29, 0.717) is 32.8 Å². The maximum absolute atomic E-state index is 12.8. The van der Waals surface area contributed by atoms with E-state index in [0.717, 1.165) is 10.2 Å². The van der Waals surface area contributed by atoms with Gasteiger partial charge in [-0.25, -0.2) is 4.79 Å². The summed E-state index contributed by atoms with van der Waals surface area (Å²) in [4.78, 5) is 37.2. The Morgan fingerprint density at radius 1 is 1.03 bits per heavy atom. The van der Waals surface area contributed by atoms with Crippen LogP contribution in [0.3, 0.4) is 0 Å². The van der Waals surface area contributed by atoms with Crippen LogP contribution >= 0.6 is 39.3 Å². The van der Waals surface area contributed by atoms with Gasteiger partial charge in [-0.15, -0.1) is 10.2 Å². The zero-order valence-electron chi connectivity index (χ0n) is 20.7. The van der Waals surface area contributed by atoms with E-state index in [-0.39, 0.29) is 30.7 Å². The summed E-state index contributed by atoms with van der Waals surface area (Å²) in [7, 11) is 0. The van der Waals surface area contributed by atoms with Crippen molar-refractivity contribution in [2.75, 3.05) is 17.7 Å². The van der Waals surface area contributed by atoms with Crippen molar-refractivity contribution in [3.05, 3.63) is 99.2 Å². The van der Waals surface area contributed by atoms with Gasteiger partial charge in [0.05, 0.1) is 35.1 Å². The fraction of sp³-hybridized carbons (Fsp3) is 0.148. The number of ether oxygens (including phenoxy) is 1. The van der Waals surface area contributed by atoms with E-state index in [1.807, 2.05) is 30.3 Å². The predicted octanol–water partition coefficient (Wildman–Crippen LogP) is 5.52. The number of nitrogens with zero attached hydrogens (tertiary/aromatic N) is 3. The summed E-state index contributed by atoms with van der Waals surface area (Å²) in [6, 6.07) is 20.9. The number of carbonyl (C=O) groups excluding carboxylic acids is 3. The lowest BCUT2D eigenvalue weighted by Gasteiger charge is -2.11. The first-order valence-electron chi connectivity index (χ1n) is 11.8. The number of hydrogen-bond donors (Lipinski definition) is 2. The van der Waals surface area contributed by atoms with E-state index in [1.54, 1.807) is 54.0 Å². The van der Waals surface area contributed by atoms with E-state index in [1.165, 1.54) is 11.8 Å². The van der Waals surface area contributed by atoms with Crippen molar-refractivity contribution in [2.24, 2.45) is 0 Å². The molecule has 12 heteroatoms. The van der Waals surface area contributed by atoms with Crippen LogP contribution in [0.15, 0.2) is 82.4 Å². The normalized spacial score (nSPS) is 10.6. The summed E-state index contributed by atoms with van der Waals surface area (Å²) in [6.45, 7) is 2.11. The lowest BCUT2D eigenvalue weighted by Crippen LogP contribution is -2.25. The van der Waals surface area contributed by atoms with Crippen molar-refractivity contribution in [2.45, 2.75) is 18.6 Å². The average Bonchev–Trinajstić information content (AvgIpc) is 3.35. The van der Waals surface area contributed by atoms with Gasteiger partial charge in [-0.3, -0.25) is 14.2 Å². The summed E-state index contributed by atoms with van der Waals surface area (Å²) in [5.41, 5.74) is 2.07. The van der Waals surface area contributed by atoms with Crippen molar-refractivity contribution in [1.82, 2.24) is 20.1 Å². The zero-order chi connectivity index (χ0) is 27.8. The number of nitrogens with one attached hydrogen (secondary N) is 2. The Balaban J connectivity index is 1.44. The molecule has 0 radical (unpaired) electrons. The second kappa shape index (κ2) is 13.4. The molecule has 0 spiro atoms. The molecule has 9 nitrogen and oxygen atoms in total. The molecular formula is C27H23BrClN5O4S. The average molecular weight is 629 g/mol. The van der Waals surface area contributed by atoms with Gasteiger partial charge in [-0.2, -0.15) is 0 Å². The number of halogens is 2. The van der Waals surface area contributed by atoms with Crippen molar-refractivity contribution < 1.29 is 19.1 Å². The molecule has 2 N–H and O–H groups in total. The maximum atomic E-state index is 12.8. The highest BCUT2D eigenvalue weighted by Crippen LogP contribution is 2.24. The van der Waals surface area contributed by atoms with Crippen LogP contribution in [0, 0.1) is 0 Å². The summed E-state index contributed by atoms with van der Waals surface area (Å²) in [6.07, 6.45) is 0. The minimum atomic E-state index is -0.419. The van der Waals surface area contributed by atoms with Gasteiger partial charge in [-0.1, -0.05) is 57.5 Å². The third-order valence-electron chi connectivity index (χ3n) is 5.31. The molecule has 1 aromatic heterocycles. The van der Waals surface area contributed by atoms with Crippen LogP contribution in [0.1, 0.15) is 33.5 Å². The first kappa shape index (κ1) is 28.3. The number of para-hydroxylation sites is 1. The molecular weight excluding hydrogens is 606 g/mol. The molecule has 39 heavy (non-hydrogen) atoms. The van der Waals surface area contributed by atoms with Crippen LogP contribution in [0.5, 0.6) is 0 Å². The van der Waals surface area contributed by atoms with Gasteiger partial charge in [-0.05, 0) is 61.5 Å². The standard InChI is InChI=1S/C27H23BrClN5O4S/c1-2-38-26(37)17-8-11-19(12-9-17)31-24(35)16-39-27-33-32-23(34(27)20-6-4-3-5-7-20)15-30-25(36)21-14-18(28)10-13-22(21)29/h3-14H,2,15-16H2,1H3,(H,30,36)(H,31,35). The van der Waals surface area contributed by atoms with Crippen molar-refractivity contribution in [1.29, 1.82) is 0 Å². The fourth-order valence-corrected chi connectivity index (χ4v) is 4.84. The second-order valence-electron chi connectivity index (χ2n) is 8.01. The van der Waals surface area contributed by atoms with Gasteiger partial charge < -0.3 is 15.4 Å². The number of rotatable bonds is 10. The van der Waals surface area contributed by atoms with Crippen LogP contribution in [-0.2, 0) is 16.1 Å². The molecule has 0 aliphatic heterocycles. The van der Waals surface area contributed by atoms with Gasteiger partial charge in [0.15, 0.2) is 11.0 Å². The Hall–Kier alpha value is -3.67. The molecule has 200 valence electrons. The number of hydrogen-bond acceptors (Lipinski definition) is 7. The second-order valence-corrected chi connectivity index (χ2v) is 10.3. The lowest BCUT2D eigenvalue weighted by molar-refractivity contribution is -0.113. The van der Waals surface area contributed by atoms with E-state index in [2.05, 4.69) is 36.8 Å². The summed E-state index contributed by atoms with van der Waals surface area (Å²) < 4.78 is 7.49. The summed E-state index contributed by atoms with van der Waals surface area (Å²) in [5.74, 6) is -0.488. The molecule has 0 saturated carbocycles. The van der Waals surface area contributed by atoms with Gasteiger partial charge in [0, 0.05) is 15.8 Å². The topological polar surface area (TPSA) is 115 Å². The summed E-state index contributed by atoms with van der Waals surface area (Å²) >= 11 is 10.7. The molecule has 4 aromatic rings. The molecule has 0 unspecified atom stereocenters. The Morgan fingerprint density at radius 3 is 2.49 bits per heavy atom. The lowest BCUT2D eigenvalue weighted by atomic mass is 10.2. The molecule has 0 saturated heterocycles. The highest BCUT2D eigenvalue weighted by molar-refractivity contribution is 9.10. The highest BCUT2D eigenvalue weighted by Gasteiger charge is 2.18. The van der Waals surface area contributed by atoms with Crippen LogP contribution in [-0.4, -0.2) is 44.9 Å². The molecule has 0 atom stereocenters. The first-order valence-corrected chi connectivity index (χ1v) is 13.9. The Kier molecular flexibility index (Phi) is 9.74. The third-order valence-corrected chi connectivity index (χ3v) is 7.06. The number of thioether (sulfide) groups is 1. The van der Waals surface area contributed by atoms with Gasteiger partial charge in [0.2, 0.25) is 5.91 Å². The van der Waals surface area contributed by atoms with Gasteiger partial charge in [0.25, 0.3) is 5.91 Å². The number of benzene rings is 3. The smallest absolute Gasteiger partial charge is 0.338 e.